The van der Waals surface area contributed by atoms with Crippen LogP contribution < -0.4 is 5.32 Å². The van der Waals surface area contributed by atoms with E-state index in [1.54, 1.807) is 20.8 Å². The highest BCUT2D eigenvalue weighted by Crippen LogP contribution is 2.32. The monoisotopic (exact) mass is 347 g/mol. The summed E-state index contributed by atoms with van der Waals surface area (Å²) in [5.74, 6) is -4.01. The lowest BCUT2D eigenvalue weighted by atomic mass is 10.1. The van der Waals surface area contributed by atoms with Crippen molar-refractivity contribution in [2.75, 3.05) is 13.1 Å². The first kappa shape index (κ1) is 17.7. The van der Waals surface area contributed by atoms with Crippen LogP contribution in [0.2, 0.25) is 0 Å². The van der Waals surface area contributed by atoms with E-state index in [2.05, 4.69) is 10.3 Å². The predicted octanol–water partition coefficient (Wildman–Crippen LogP) is 1.51. The normalized spacial score (nSPS) is 20.6. The fourth-order valence-electron chi connectivity index (χ4n) is 2.28. The lowest BCUT2D eigenvalue weighted by Crippen LogP contribution is -2.38. The van der Waals surface area contributed by atoms with Gasteiger partial charge in [-0.1, -0.05) is 0 Å². The van der Waals surface area contributed by atoms with Gasteiger partial charge in [0.25, 0.3) is 17.7 Å². The van der Waals surface area contributed by atoms with E-state index in [1.807, 2.05) is 0 Å². The van der Waals surface area contributed by atoms with Crippen LogP contribution in [0.3, 0.4) is 0 Å². The quantitative estimate of drug-likeness (QED) is 0.865. The zero-order valence-electron chi connectivity index (χ0n) is 13.1. The molecule has 0 aromatic carbocycles. The number of thiazole rings is 1. The van der Waals surface area contributed by atoms with Crippen LogP contribution in [0.4, 0.5) is 8.78 Å². The van der Waals surface area contributed by atoms with E-state index in [0.717, 1.165) is 16.2 Å². The van der Waals surface area contributed by atoms with Gasteiger partial charge in [0.15, 0.2) is 5.01 Å². The molecular formula is C14H19F2N3O3S. The highest BCUT2D eigenvalue weighted by Gasteiger charge is 2.45. The number of rotatable bonds is 4. The van der Waals surface area contributed by atoms with Gasteiger partial charge in [-0.2, -0.15) is 0 Å². The Hall–Kier alpha value is -1.61. The summed E-state index contributed by atoms with van der Waals surface area (Å²) in [5, 5.41) is 13.5. The van der Waals surface area contributed by atoms with Crippen molar-refractivity contribution in [3.05, 3.63) is 16.1 Å². The lowest BCUT2D eigenvalue weighted by molar-refractivity contribution is 0.0117. The van der Waals surface area contributed by atoms with E-state index in [4.69, 9.17) is 0 Å². The standard InChI is InChI=1S/C14H19F2N3O3S/c1-8-4-14(15,16)7-19(8)12(21)9-5-23-11(18-9)10(20)17-6-13(2,3)22/h5,8,22H,4,6-7H2,1-3H3,(H,17,20). The molecule has 2 amide bonds. The first-order valence-corrected chi connectivity index (χ1v) is 8.01. The molecule has 0 aliphatic carbocycles. The molecule has 2 N–H and O–H groups in total. The topological polar surface area (TPSA) is 82.5 Å². The van der Waals surface area contributed by atoms with Gasteiger partial charge in [0.2, 0.25) is 0 Å². The van der Waals surface area contributed by atoms with E-state index in [-0.39, 0.29) is 23.7 Å². The molecule has 1 aliphatic rings. The Bertz CT molecular complexity index is 613. The maximum atomic E-state index is 13.4. The molecule has 0 bridgehead atoms. The largest absolute Gasteiger partial charge is 0.389 e. The van der Waals surface area contributed by atoms with Gasteiger partial charge in [-0.3, -0.25) is 9.59 Å². The number of aromatic nitrogens is 1. The van der Waals surface area contributed by atoms with Gasteiger partial charge in [0.05, 0.1) is 12.1 Å². The van der Waals surface area contributed by atoms with Crippen molar-refractivity contribution in [2.24, 2.45) is 0 Å². The summed E-state index contributed by atoms with van der Waals surface area (Å²) in [6.07, 6.45) is -0.373. The van der Waals surface area contributed by atoms with Crippen molar-refractivity contribution in [3.8, 4) is 0 Å². The summed E-state index contributed by atoms with van der Waals surface area (Å²) in [4.78, 5) is 29.2. The van der Waals surface area contributed by atoms with Crippen molar-refractivity contribution in [1.82, 2.24) is 15.2 Å². The van der Waals surface area contributed by atoms with Crippen molar-refractivity contribution in [2.45, 2.75) is 44.8 Å². The minimum absolute atomic E-state index is 0.0204. The number of carbonyl (C=O) groups excluding carboxylic acids is 2. The number of likely N-dealkylation sites (tertiary alicyclic amines) is 1. The highest BCUT2D eigenvalue weighted by atomic mass is 32.1. The van der Waals surface area contributed by atoms with Gasteiger partial charge in [-0.05, 0) is 20.8 Å². The summed E-state index contributed by atoms with van der Waals surface area (Å²) in [6.45, 7) is 4.04. The fourth-order valence-corrected chi connectivity index (χ4v) is 2.99. The molecule has 1 unspecified atom stereocenters. The zero-order chi connectivity index (χ0) is 17.4. The van der Waals surface area contributed by atoms with Crippen LogP contribution in [0.25, 0.3) is 0 Å². The average Bonchev–Trinajstić information content (AvgIpc) is 2.99. The summed E-state index contributed by atoms with van der Waals surface area (Å²) in [6, 6.07) is -0.577. The maximum Gasteiger partial charge on any atom is 0.280 e. The molecule has 2 rings (SSSR count). The third-order valence-electron chi connectivity index (χ3n) is 3.39. The van der Waals surface area contributed by atoms with E-state index in [9.17, 15) is 23.5 Å². The Balaban J connectivity index is 2.04. The van der Waals surface area contributed by atoms with Gasteiger partial charge in [0.1, 0.15) is 5.69 Å². The number of hydrogen-bond acceptors (Lipinski definition) is 5. The van der Waals surface area contributed by atoms with Crippen LogP contribution >= 0.6 is 11.3 Å². The molecular weight excluding hydrogens is 328 g/mol. The Morgan fingerprint density at radius 2 is 2.22 bits per heavy atom. The van der Waals surface area contributed by atoms with Crippen molar-refractivity contribution in [3.63, 3.8) is 0 Å². The second kappa shape index (κ2) is 6.12. The van der Waals surface area contributed by atoms with E-state index in [0.29, 0.717) is 0 Å². The average molecular weight is 347 g/mol. The predicted molar refractivity (Wildman–Crippen MR) is 80.8 cm³/mol. The summed E-state index contributed by atoms with van der Waals surface area (Å²) >= 11 is 0.957. The molecule has 0 saturated carbocycles. The van der Waals surface area contributed by atoms with Gasteiger partial charge in [0, 0.05) is 24.4 Å². The first-order chi connectivity index (χ1) is 10.5. The number of nitrogens with zero attached hydrogens (tertiary/aromatic N) is 2. The van der Waals surface area contributed by atoms with Crippen LogP contribution in [0.1, 0.15) is 47.5 Å². The number of hydrogen-bond donors (Lipinski definition) is 2. The van der Waals surface area contributed by atoms with Gasteiger partial charge in [-0.15, -0.1) is 11.3 Å². The second-order valence-corrected chi connectivity index (χ2v) is 7.23. The van der Waals surface area contributed by atoms with Crippen LogP contribution in [-0.4, -0.2) is 57.5 Å². The Labute approximate surface area is 136 Å². The number of aliphatic hydroxyl groups is 1. The molecule has 1 atom stereocenters. The zero-order valence-corrected chi connectivity index (χ0v) is 13.9. The van der Waals surface area contributed by atoms with E-state index >= 15 is 0 Å². The third kappa shape index (κ3) is 4.44. The molecule has 1 aromatic heterocycles. The molecule has 0 spiro atoms. The Morgan fingerprint density at radius 3 is 2.74 bits per heavy atom. The van der Waals surface area contributed by atoms with Crippen molar-refractivity contribution < 1.29 is 23.5 Å². The summed E-state index contributed by atoms with van der Waals surface area (Å²) in [5.41, 5.74) is -1.09. The molecule has 1 aliphatic heterocycles. The smallest absolute Gasteiger partial charge is 0.280 e. The number of carbonyl (C=O) groups is 2. The SMILES string of the molecule is CC1CC(F)(F)CN1C(=O)c1csc(C(=O)NCC(C)(C)O)n1. The molecule has 1 fully saturated rings. The van der Waals surface area contributed by atoms with Crippen LogP contribution in [0, 0.1) is 0 Å². The lowest BCUT2D eigenvalue weighted by Gasteiger charge is -2.19. The molecule has 1 aromatic rings. The van der Waals surface area contributed by atoms with Crippen molar-refractivity contribution >= 4 is 23.2 Å². The summed E-state index contributed by atoms with van der Waals surface area (Å²) < 4.78 is 26.7. The molecule has 0 radical (unpaired) electrons. The minimum Gasteiger partial charge on any atom is -0.389 e. The molecule has 128 valence electrons. The molecule has 2 heterocycles. The Kier molecular flexibility index (Phi) is 4.72. The number of amides is 2. The second-order valence-electron chi connectivity index (χ2n) is 6.38. The Morgan fingerprint density at radius 1 is 1.57 bits per heavy atom. The first-order valence-electron chi connectivity index (χ1n) is 7.13. The number of nitrogens with one attached hydrogen (secondary N) is 1. The van der Waals surface area contributed by atoms with Crippen LogP contribution in [0.5, 0.6) is 0 Å². The highest BCUT2D eigenvalue weighted by molar-refractivity contribution is 7.11. The fraction of sp³-hybridized carbons (Fsp3) is 0.643. The van der Waals surface area contributed by atoms with Gasteiger partial charge < -0.3 is 15.3 Å². The molecule has 1 saturated heterocycles. The minimum atomic E-state index is -2.89. The number of alkyl halides is 2. The van der Waals surface area contributed by atoms with Gasteiger partial charge >= 0.3 is 0 Å². The van der Waals surface area contributed by atoms with Crippen LogP contribution in [-0.2, 0) is 0 Å². The van der Waals surface area contributed by atoms with E-state index < -0.39 is 35.9 Å². The maximum absolute atomic E-state index is 13.4. The van der Waals surface area contributed by atoms with Crippen molar-refractivity contribution in [1.29, 1.82) is 0 Å². The number of halogens is 2. The molecule has 23 heavy (non-hydrogen) atoms. The molecule has 9 heteroatoms. The molecule has 6 nitrogen and oxygen atoms in total. The summed E-state index contributed by atoms with van der Waals surface area (Å²) in [7, 11) is 0. The van der Waals surface area contributed by atoms with Crippen LogP contribution in [0.15, 0.2) is 5.38 Å². The van der Waals surface area contributed by atoms with E-state index in [1.165, 1.54) is 5.38 Å². The third-order valence-corrected chi connectivity index (χ3v) is 4.23. The van der Waals surface area contributed by atoms with Gasteiger partial charge in [-0.25, -0.2) is 13.8 Å².